The highest BCUT2D eigenvalue weighted by Gasteiger charge is 2.33. The average Bonchev–Trinajstić information content (AvgIpc) is 3.26. The molecular weight excluding hydrogens is 312 g/mol. The van der Waals surface area contributed by atoms with E-state index >= 15 is 0 Å². The molecule has 0 fully saturated rings. The summed E-state index contributed by atoms with van der Waals surface area (Å²) in [6, 6.07) is 20.4. The largest absolute Gasteiger partial charge is 0.309 e. The van der Waals surface area contributed by atoms with Crippen LogP contribution in [0.25, 0.3) is 5.69 Å². The molecule has 3 heterocycles. The van der Waals surface area contributed by atoms with E-state index in [9.17, 15) is 0 Å². The Morgan fingerprint density at radius 1 is 0.960 bits per heavy atom. The van der Waals surface area contributed by atoms with Crippen molar-refractivity contribution in [2.24, 2.45) is 0 Å². The van der Waals surface area contributed by atoms with Gasteiger partial charge in [0.2, 0.25) is 5.95 Å². The quantitative estimate of drug-likeness (QED) is 0.539. The van der Waals surface area contributed by atoms with Crippen LogP contribution >= 0.6 is 0 Å². The lowest BCUT2D eigenvalue weighted by molar-refractivity contribution is 0.590. The number of aromatic nitrogens is 5. The molecule has 1 unspecified atom stereocenters. The molecule has 2 aromatic carbocycles. The SMILES string of the molecule is Cc1nn(-c2ccccc2)c2c1C(c1ccccc1)n1ncnc1N2. The van der Waals surface area contributed by atoms with Gasteiger partial charge in [0.1, 0.15) is 18.2 Å². The van der Waals surface area contributed by atoms with Crippen LogP contribution in [0.3, 0.4) is 0 Å². The summed E-state index contributed by atoms with van der Waals surface area (Å²) >= 11 is 0. The van der Waals surface area contributed by atoms with E-state index in [1.54, 1.807) is 6.33 Å². The Morgan fingerprint density at radius 3 is 2.44 bits per heavy atom. The molecule has 0 saturated heterocycles. The summed E-state index contributed by atoms with van der Waals surface area (Å²) in [5, 5.41) is 12.6. The Labute approximate surface area is 144 Å². The number of nitrogens with zero attached hydrogens (tertiary/aromatic N) is 5. The van der Waals surface area contributed by atoms with Crippen molar-refractivity contribution in [1.82, 2.24) is 24.5 Å². The topological polar surface area (TPSA) is 60.6 Å². The first-order valence-electron chi connectivity index (χ1n) is 8.19. The number of para-hydroxylation sites is 1. The molecule has 0 radical (unpaired) electrons. The highest BCUT2D eigenvalue weighted by Crippen LogP contribution is 2.41. The molecule has 25 heavy (non-hydrogen) atoms. The third kappa shape index (κ3) is 2.07. The van der Waals surface area contributed by atoms with Gasteiger partial charge in [0.15, 0.2) is 0 Å². The predicted octanol–water partition coefficient (Wildman–Crippen LogP) is 3.47. The Bertz CT molecular complexity index is 1030. The van der Waals surface area contributed by atoms with E-state index in [1.807, 2.05) is 64.8 Å². The lowest BCUT2D eigenvalue weighted by Gasteiger charge is -2.26. The van der Waals surface area contributed by atoms with E-state index in [0.29, 0.717) is 0 Å². The van der Waals surface area contributed by atoms with Gasteiger partial charge < -0.3 is 5.32 Å². The number of fused-ring (bicyclic) bond motifs is 2. The summed E-state index contributed by atoms with van der Waals surface area (Å²) in [7, 11) is 0. The smallest absolute Gasteiger partial charge is 0.227 e. The van der Waals surface area contributed by atoms with Crippen molar-refractivity contribution >= 4 is 11.8 Å². The van der Waals surface area contributed by atoms with E-state index in [4.69, 9.17) is 5.10 Å². The zero-order valence-electron chi connectivity index (χ0n) is 13.7. The van der Waals surface area contributed by atoms with Crippen molar-refractivity contribution in [1.29, 1.82) is 0 Å². The summed E-state index contributed by atoms with van der Waals surface area (Å²) in [6.45, 7) is 2.04. The first kappa shape index (κ1) is 14.0. The van der Waals surface area contributed by atoms with E-state index < -0.39 is 0 Å². The van der Waals surface area contributed by atoms with Crippen molar-refractivity contribution in [2.45, 2.75) is 13.0 Å². The van der Waals surface area contributed by atoms with Gasteiger partial charge in [0.05, 0.1) is 11.4 Å². The molecule has 5 rings (SSSR count). The minimum absolute atomic E-state index is 0.0487. The second-order valence-corrected chi connectivity index (χ2v) is 6.06. The van der Waals surface area contributed by atoms with Crippen LogP contribution < -0.4 is 5.32 Å². The van der Waals surface area contributed by atoms with Gasteiger partial charge in [0.25, 0.3) is 0 Å². The molecule has 1 N–H and O–H groups in total. The van der Waals surface area contributed by atoms with E-state index in [1.165, 1.54) is 0 Å². The standard InChI is InChI=1S/C19H16N6/c1-13-16-17(14-8-4-2-5-9-14)25-19(20-12-21-25)22-18(16)24(23-13)15-10-6-3-7-11-15/h2-12,17H,1H3,(H,20,21,22). The highest BCUT2D eigenvalue weighted by atomic mass is 15.5. The Morgan fingerprint density at radius 2 is 1.68 bits per heavy atom. The molecule has 0 saturated carbocycles. The zero-order valence-corrected chi connectivity index (χ0v) is 13.7. The molecule has 0 aliphatic carbocycles. The molecule has 6 heteroatoms. The summed E-state index contributed by atoms with van der Waals surface area (Å²) in [4.78, 5) is 4.38. The summed E-state index contributed by atoms with van der Waals surface area (Å²) in [6.07, 6.45) is 1.58. The van der Waals surface area contributed by atoms with Crippen LogP contribution in [0.4, 0.5) is 11.8 Å². The van der Waals surface area contributed by atoms with Crippen LogP contribution in [-0.2, 0) is 0 Å². The predicted molar refractivity (Wildman–Crippen MR) is 95.3 cm³/mol. The normalized spacial score (nSPS) is 15.3. The second kappa shape index (κ2) is 5.31. The van der Waals surface area contributed by atoms with Gasteiger partial charge in [-0.1, -0.05) is 48.5 Å². The van der Waals surface area contributed by atoms with E-state index in [0.717, 1.165) is 34.3 Å². The molecule has 1 aliphatic rings. The molecule has 1 aliphatic heterocycles. The Hall–Kier alpha value is -3.41. The lowest BCUT2D eigenvalue weighted by atomic mass is 9.97. The maximum Gasteiger partial charge on any atom is 0.227 e. The summed E-state index contributed by atoms with van der Waals surface area (Å²) in [5.74, 6) is 1.66. The van der Waals surface area contributed by atoms with Gasteiger partial charge >= 0.3 is 0 Å². The number of anilines is 2. The van der Waals surface area contributed by atoms with Gasteiger partial charge in [-0.25, -0.2) is 9.36 Å². The molecule has 1 atom stereocenters. The van der Waals surface area contributed by atoms with Crippen LogP contribution in [0.15, 0.2) is 67.0 Å². The fourth-order valence-corrected chi connectivity index (χ4v) is 3.44. The molecule has 122 valence electrons. The number of nitrogens with one attached hydrogen (secondary N) is 1. The van der Waals surface area contributed by atoms with Crippen molar-refractivity contribution in [2.75, 3.05) is 5.32 Å². The third-order valence-corrected chi connectivity index (χ3v) is 4.54. The highest BCUT2D eigenvalue weighted by molar-refractivity contribution is 5.65. The van der Waals surface area contributed by atoms with Gasteiger partial charge in [-0.05, 0) is 24.6 Å². The molecule has 0 spiro atoms. The average molecular weight is 328 g/mol. The van der Waals surface area contributed by atoms with Gasteiger partial charge in [-0.3, -0.25) is 0 Å². The van der Waals surface area contributed by atoms with Crippen molar-refractivity contribution in [3.8, 4) is 5.69 Å². The molecule has 0 bridgehead atoms. The van der Waals surface area contributed by atoms with Crippen LogP contribution in [0.2, 0.25) is 0 Å². The number of hydrogen-bond donors (Lipinski definition) is 1. The minimum Gasteiger partial charge on any atom is -0.309 e. The van der Waals surface area contributed by atoms with Crippen LogP contribution in [0.1, 0.15) is 22.9 Å². The van der Waals surface area contributed by atoms with Crippen molar-refractivity contribution < 1.29 is 0 Å². The third-order valence-electron chi connectivity index (χ3n) is 4.54. The van der Waals surface area contributed by atoms with Crippen LogP contribution in [-0.4, -0.2) is 24.5 Å². The molecule has 2 aromatic heterocycles. The van der Waals surface area contributed by atoms with Crippen LogP contribution in [0, 0.1) is 6.92 Å². The monoisotopic (exact) mass is 328 g/mol. The number of rotatable bonds is 2. The zero-order chi connectivity index (χ0) is 16.8. The Balaban J connectivity index is 1.76. The molecule has 0 amide bonds. The van der Waals surface area contributed by atoms with Crippen molar-refractivity contribution in [3.63, 3.8) is 0 Å². The summed E-state index contributed by atoms with van der Waals surface area (Å²) in [5.41, 5.74) is 4.27. The molecule has 4 aromatic rings. The number of benzene rings is 2. The van der Waals surface area contributed by atoms with Crippen molar-refractivity contribution in [3.05, 3.63) is 83.8 Å². The van der Waals surface area contributed by atoms with Gasteiger partial charge in [-0.2, -0.15) is 15.2 Å². The lowest BCUT2D eigenvalue weighted by Crippen LogP contribution is -2.22. The van der Waals surface area contributed by atoms with E-state index in [-0.39, 0.29) is 6.04 Å². The maximum absolute atomic E-state index is 4.79. The first-order chi connectivity index (χ1) is 12.3. The molecular formula is C19H16N6. The summed E-state index contributed by atoms with van der Waals surface area (Å²) < 4.78 is 3.86. The fraction of sp³-hybridized carbons (Fsp3) is 0.105. The molecule has 6 nitrogen and oxygen atoms in total. The fourth-order valence-electron chi connectivity index (χ4n) is 3.44. The van der Waals surface area contributed by atoms with Gasteiger partial charge in [0, 0.05) is 5.56 Å². The Kier molecular flexibility index (Phi) is 2.97. The first-order valence-corrected chi connectivity index (χ1v) is 8.19. The maximum atomic E-state index is 4.79. The van der Waals surface area contributed by atoms with Crippen LogP contribution in [0.5, 0.6) is 0 Å². The number of aryl methyl sites for hydroxylation is 1. The van der Waals surface area contributed by atoms with Gasteiger partial charge in [-0.15, -0.1) is 0 Å². The van der Waals surface area contributed by atoms with E-state index in [2.05, 4.69) is 27.5 Å². The second-order valence-electron chi connectivity index (χ2n) is 6.06. The minimum atomic E-state index is -0.0487. The number of hydrogen-bond acceptors (Lipinski definition) is 4.